The maximum atomic E-state index is 12.5. The molecule has 2 N–H and O–H groups in total. The van der Waals surface area contributed by atoms with Crippen LogP contribution in [0.25, 0.3) is 0 Å². The van der Waals surface area contributed by atoms with Gasteiger partial charge in [-0.15, -0.1) is 11.8 Å². The van der Waals surface area contributed by atoms with E-state index in [1.807, 2.05) is 39.8 Å². The molecule has 21 heavy (non-hydrogen) atoms. The molecule has 2 unspecified atom stereocenters. The first kappa shape index (κ1) is 15.7. The zero-order valence-electron chi connectivity index (χ0n) is 12.6. The van der Waals surface area contributed by atoms with Gasteiger partial charge in [-0.1, -0.05) is 17.7 Å². The van der Waals surface area contributed by atoms with Crippen molar-refractivity contribution in [2.24, 2.45) is 0 Å². The zero-order chi connectivity index (χ0) is 15.7. The number of amides is 2. The molecule has 1 saturated heterocycles. The summed E-state index contributed by atoms with van der Waals surface area (Å²) in [5.41, 5.74) is 3.86. The molecule has 1 aliphatic heterocycles. The number of carbonyl (C=O) groups is 2. The number of nitrogens with zero attached hydrogens (tertiary/aromatic N) is 1. The minimum absolute atomic E-state index is 0.142. The largest absolute Gasteiger partial charge is 0.480 e. The Kier molecular flexibility index (Phi) is 4.46. The Bertz CT molecular complexity index is 565. The average Bonchev–Trinajstić information content (AvgIpc) is 2.75. The fourth-order valence-corrected chi connectivity index (χ4v) is 3.86. The number of aryl methyl sites for hydroxylation is 3. The van der Waals surface area contributed by atoms with Gasteiger partial charge in [-0.2, -0.15) is 0 Å². The van der Waals surface area contributed by atoms with Gasteiger partial charge in [0, 0.05) is 11.4 Å². The Balaban J connectivity index is 2.23. The van der Waals surface area contributed by atoms with Crippen LogP contribution in [0.2, 0.25) is 0 Å². The van der Waals surface area contributed by atoms with Crippen LogP contribution in [0.15, 0.2) is 12.1 Å². The van der Waals surface area contributed by atoms with E-state index in [-0.39, 0.29) is 11.4 Å². The number of benzene rings is 1. The van der Waals surface area contributed by atoms with E-state index in [4.69, 9.17) is 0 Å². The summed E-state index contributed by atoms with van der Waals surface area (Å²) < 4.78 is 0. The summed E-state index contributed by atoms with van der Waals surface area (Å²) in [6, 6.07) is 2.88. The molecule has 0 aromatic heterocycles. The molecule has 5 nitrogen and oxygen atoms in total. The highest BCUT2D eigenvalue weighted by Crippen LogP contribution is 2.30. The molecule has 2 atom stereocenters. The second kappa shape index (κ2) is 5.97. The van der Waals surface area contributed by atoms with Gasteiger partial charge in [-0.3, -0.25) is 4.90 Å². The minimum atomic E-state index is -0.959. The molecular weight excluding hydrogens is 288 g/mol. The number of carboxylic acid groups (broad SMARTS) is 1. The van der Waals surface area contributed by atoms with Gasteiger partial charge in [0.25, 0.3) is 0 Å². The number of hydrogen-bond acceptors (Lipinski definition) is 3. The van der Waals surface area contributed by atoms with E-state index in [2.05, 4.69) is 5.32 Å². The predicted octanol–water partition coefficient (Wildman–Crippen LogP) is 2.99. The number of urea groups is 1. The van der Waals surface area contributed by atoms with Crippen molar-refractivity contribution < 1.29 is 14.7 Å². The summed E-state index contributed by atoms with van der Waals surface area (Å²) in [4.78, 5) is 25.1. The first-order valence-electron chi connectivity index (χ1n) is 6.83. The van der Waals surface area contributed by atoms with Crippen molar-refractivity contribution in [1.82, 2.24) is 4.90 Å². The average molecular weight is 308 g/mol. The minimum Gasteiger partial charge on any atom is -0.480 e. The second-order valence-electron chi connectivity index (χ2n) is 5.40. The van der Waals surface area contributed by atoms with E-state index in [0.717, 1.165) is 22.4 Å². The van der Waals surface area contributed by atoms with Gasteiger partial charge in [-0.25, -0.2) is 9.59 Å². The van der Waals surface area contributed by atoms with Crippen LogP contribution in [-0.2, 0) is 4.79 Å². The Morgan fingerprint density at radius 2 is 1.86 bits per heavy atom. The number of thioether (sulfide) groups is 1. The van der Waals surface area contributed by atoms with Gasteiger partial charge < -0.3 is 10.4 Å². The Labute approximate surface area is 128 Å². The van der Waals surface area contributed by atoms with Crippen molar-refractivity contribution in [3.8, 4) is 0 Å². The number of carbonyl (C=O) groups excluding carboxylic acids is 1. The smallest absolute Gasteiger partial charge is 0.327 e. The van der Waals surface area contributed by atoms with Gasteiger partial charge in [0.1, 0.15) is 6.04 Å². The first-order valence-corrected chi connectivity index (χ1v) is 7.87. The summed E-state index contributed by atoms with van der Waals surface area (Å²) in [6.07, 6.45) is 0. The Morgan fingerprint density at radius 1 is 1.29 bits per heavy atom. The van der Waals surface area contributed by atoms with Crippen molar-refractivity contribution in [3.05, 3.63) is 28.8 Å². The van der Waals surface area contributed by atoms with Crippen molar-refractivity contribution in [2.45, 2.75) is 39.1 Å². The van der Waals surface area contributed by atoms with Crippen molar-refractivity contribution in [1.29, 1.82) is 0 Å². The highest BCUT2D eigenvalue weighted by molar-refractivity contribution is 8.00. The fourth-order valence-electron chi connectivity index (χ4n) is 2.69. The normalized spacial score (nSPS) is 21.4. The number of hydrogen-bond donors (Lipinski definition) is 2. The third kappa shape index (κ3) is 3.15. The number of aliphatic carboxylic acids is 1. The van der Waals surface area contributed by atoms with Crippen molar-refractivity contribution in [2.75, 3.05) is 11.1 Å². The lowest BCUT2D eigenvalue weighted by atomic mass is 10.1. The molecule has 1 aromatic carbocycles. The molecule has 0 aliphatic carbocycles. The van der Waals surface area contributed by atoms with E-state index in [9.17, 15) is 14.7 Å². The summed E-state index contributed by atoms with van der Waals surface area (Å²) >= 11 is 1.48. The summed E-state index contributed by atoms with van der Waals surface area (Å²) in [7, 11) is 0. The number of anilines is 1. The highest BCUT2D eigenvalue weighted by Gasteiger charge is 2.39. The number of nitrogens with one attached hydrogen (secondary N) is 1. The molecule has 1 heterocycles. The highest BCUT2D eigenvalue weighted by atomic mass is 32.2. The van der Waals surface area contributed by atoms with Gasteiger partial charge >= 0.3 is 12.0 Å². The Hall–Kier alpha value is -1.69. The van der Waals surface area contributed by atoms with Gasteiger partial charge in [0.2, 0.25) is 0 Å². The molecule has 0 bridgehead atoms. The third-order valence-electron chi connectivity index (χ3n) is 3.65. The predicted molar refractivity (Wildman–Crippen MR) is 84.9 cm³/mol. The van der Waals surface area contributed by atoms with Crippen LogP contribution in [0.3, 0.4) is 0 Å². The summed E-state index contributed by atoms with van der Waals surface area (Å²) in [6.45, 7) is 7.73. The maximum absolute atomic E-state index is 12.5. The monoisotopic (exact) mass is 308 g/mol. The fraction of sp³-hybridized carbons (Fsp3) is 0.467. The molecule has 114 valence electrons. The van der Waals surface area contributed by atoms with Gasteiger partial charge in [0.15, 0.2) is 0 Å². The van der Waals surface area contributed by atoms with Crippen LogP contribution in [0.1, 0.15) is 23.6 Å². The SMILES string of the molecule is Cc1cc(C)c(NC(=O)N2C(C)SCC2C(=O)O)c(C)c1. The van der Waals surface area contributed by atoms with Gasteiger partial charge in [0.05, 0.1) is 5.37 Å². The van der Waals surface area contributed by atoms with Crippen LogP contribution in [0, 0.1) is 20.8 Å². The number of rotatable bonds is 2. The molecular formula is C15H20N2O3S. The second-order valence-corrected chi connectivity index (χ2v) is 6.75. The molecule has 0 spiro atoms. The van der Waals surface area contributed by atoms with E-state index >= 15 is 0 Å². The van der Waals surface area contributed by atoms with E-state index in [1.54, 1.807) is 0 Å². The molecule has 1 fully saturated rings. The maximum Gasteiger partial charge on any atom is 0.327 e. The quantitative estimate of drug-likeness (QED) is 0.881. The molecule has 2 amide bonds. The Morgan fingerprint density at radius 3 is 2.38 bits per heavy atom. The topological polar surface area (TPSA) is 69.6 Å². The van der Waals surface area contributed by atoms with Gasteiger partial charge in [-0.05, 0) is 38.8 Å². The third-order valence-corrected chi connectivity index (χ3v) is 4.87. The molecule has 1 aromatic rings. The van der Waals surface area contributed by atoms with Crippen molar-refractivity contribution in [3.63, 3.8) is 0 Å². The van der Waals surface area contributed by atoms with Crippen molar-refractivity contribution >= 4 is 29.4 Å². The van der Waals surface area contributed by atoms with Crippen LogP contribution in [0.5, 0.6) is 0 Å². The van der Waals surface area contributed by atoms with Crippen LogP contribution >= 0.6 is 11.8 Å². The van der Waals surface area contributed by atoms with Crippen LogP contribution in [-0.4, -0.2) is 39.2 Å². The van der Waals surface area contributed by atoms with Crippen LogP contribution in [0.4, 0.5) is 10.5 Å². The zero-order valence-corrected chi connectivity index (χ0v) is 13.5. The summed E-state index contributed by atoms with van der Waals surface area (Å²) in [5.74, 6) is -0.533. The summed E-state index contributed by atoms with van der Waals surface area (Å²) in [5, 5.41) is 12.0. The molecule has 6 heteroatoms. The first-order chi connectivity index (χ1) is 9.81. The lowest BCUT2D eigenvalue weighted by Crippen LogP contribution is -2.47. The molecule has 0 radical (unpaired) electrons. The van der Waals surface area contributed by atoms with E-state index in [1.165, 1.54) is 16.7 Å². The van der Waals surface area contributed by atoms with Crippen LogP contribution < -0.4 is 5.32 Å². The molecule has 0 saturated carbocycles. The standard InChI is InChI=1S/C15H20N2O3S/c1-8-5-9(2)13(10(3)6-8)16-15(20)17-11(4)21-7-12(17)14(18)19/h5-6,11-12H,7H2,1-4H3,(H,16,20)(H,18,19). The van der Waals surface area contributed by atoms with E-state index < -0.39 is 12.0 Å². The van der Waals surface area contributed by atoms with E-state index in [0.29, 0.717) is 5.75 Å². The molecule has 2 rings (SSSR count). The number of carboxylic acids is 1. The molecule has 1 aliphatic rings. The lowest BCUT2D eigenvalue weighted by Gasteiger charge is -2.26. The lowest BCUT2D eigenvalue weighted by molar-refractivity contribution is -0.141.